The molecule has 0 radical (unpaired) electrons. The number of ether oxygens (including phenoxy) is 1. The minimum absolute atomic E-state index is 0.194. The van der Waals surface area contributed by atoms with Crippen molar-refractivity contribution in [3.8, 4) is 5.88 Å². The second-order valence-electron chi connectivity index (χ2n) is 3.37. The van der Waals surface area contributed by atoms with E-state index < -0.39 is 0 Å². The molecule has 0 bridgehead atoms. The average molecular weight is 229 g/mol. The number of aromatic nitrogens is 2. The largest absolute Gasteiger partial charge is 0.479 e. The van der Waals surface area contributed by atoms with Crippen molar-refractivity contribution >= 4 is 11.5 Å². The molecule has 0 aliphatic rings. The van der Waals surface area contributed by atoms with Gasteiger partial charge in [0.05, 0.1) is 7.11 Å². The molecule has 0 aliphatic heterocycles. The quantitative estimate of drug-likeness (QED) is 0.634. The lowest BCUT2D eigenvalue weighted by Crippen LogP contribution is -2.07. The van der Waals surface area contributed by atoms with Crippen LogP contribution in [0.2, 0.25) is 0 Å². The maximum Gasteiger partial charge on any atom is 0.243 e. The Hall–Kier alpha value is -2.43. The number of nitrogens with zero attached hydrogens (tertiary/aromatic N) is 2. The predicted octanol–water partition coefficient (Wildman–Crippen LogP) is 1.30. The highest BCUT2D eigenvalue weighted by Crippen LogP contribution is 2.16. The van der Waals surface area contributed by atoms with E-state index >= 15 is 0 Å². The van der Waals surface area contributed by atoms with Crippen LogP contribution < -0.4 is 10.5 Å². The third-order valence-electron chi connectivity index (χ3n) is 2.25. The fraction of sp³-hybridized carbons (Fsp3) is 0.0833. The fourth-order valence-electron chi connectivity index (χ4n) is 1.40. The summed E-state index contributed by atoms with van der Waals surface area (Å²) < 4.78 is 4.99. The topological polar surface area (TPSA) is 78.1 Å². The fourth-order valence-corrected chi connectivity index (χ4v) is 1.40. The molecule has 0 aliphatic carbocycles. The molecular formula is C12H11N3O2. The summed E-state index contributed by atoms with van der Waals surface area (Å²) in [5.41, 5.74) is 6.85. The Bertz CT molecular complexity index is 538. The van der Waals surface area contributed by atoms with Crippen molar-refractivity contribution in [1.29, 1.82) is 0 Å². The normalized spacial score (nSPS) is 9.94. The van der Waals surface area contributed by atoms with Crippen LogP contribution in [0.1, 0.15) is 16.1 Å². The maximum atomic E-state index is 12.1. The summed E-state index contributed by atoms with van der Waals surface area (Å²) in [5, 5.41) is 0. The Labute approximate surface area is 98.3 Å². The van der Waals surface area contributed by atoms with Crippen molar-refractivity contribution in [3.05, 3.63) is 47.9 Å². The Morgan fingerprint density at radius 1 is 1.18 bits per heavy atom. The number of nitrogen functional groups attached to an aromatic ring is 1. The highest BCUT2D eigenvalue weighted by Gasteiger charge is 2.16. The number of rotatable bonds is 3. The van der Waals surface area contributed by atoms with Crippen molar-refractivity contribution in [2.24, 2.45) is 0 Å². The van der Waals surface area contributed by atoms with Gasteiger partial charge >= 0.3 is 0 Å². The predicted molar refractivity (Wildman–Crippen MR) is 62.9 cm³/mol. The van der Waals surface area contributed by atoms with Crippen molar-refractivity contribution in [2.75, 3.05) is 12.8 Å². The summed E-state index contributed by atoms with van der Waals surface area (Å²) in [5.74, 6) is -0.0238. The number of benzene rings is 1. The van der Waals surface area contributed by atoms with Gasteiger partial charge in [-0.25, -0.2) is 9.97 Å². The first-order valence-corrected chi connectivity index (χ1v) is 4.97. The minimum Gasteiger partial charge on any atom is -0.479 e. The number of anilines is 1. The zero-order valence-corrected chi connectivity index (χ0v) is 9.25. The zero-order chi connectivity index (χ0) is 12.3. The van der Waals surface area contributed by atoms with E-state index in [9.17, 15) is 4.79 Å². The van der Waals surface area contributed by atoms with Crippen LogP contribution in [0.5, 0.6) is 5.88 Å². The number of carbonyl (C=O) groups excluding carboxylic acids is 1. The molecule has 17 heavy (non-hydrogen) atoms. The van der Waals surface area contributed by atoms with E-state index in [2.05, 4.69) is 9.97 Å². The summed E-state index contributed by atoms with van der Waals surface area (Å²) in [4.78, 5) is 20.0. The van der Waals surface area contributed by atoms with Gasteiger partial charge in [0, 0.05) is 23.6 Å². The molecule has 0 saturated heterocycles. The van der Waals surface area contributed by atoms with Crippen LogP contribution in [-0.4, -0.2) is 22.9 Å². The Morgan fingerprint density at radius 2 is 1.82 bits per heavy atom. The third kappa shape index (κ3) is 2.23. The van der Waals surface area contributed by atoms with Gasteiger partial charge in [0.2, 0.25) is 11.7 Å². The van der Waals surface area contributed by atoms with Crippen LogP contribution in [-0.2, 0) is 0 Å². The summed E-state index contributed by atoms with van der Waals surface area (Å²) in [6.45, 7) is 0. The monoisotopic (exact) mass is 229 g/mol. The van der Waals surface area contributed by atoms with Crippen LogP contribution in [0.3, 0.4) is 0 Å². The van der Waals surface area contributed by atoms with Crippen molar-refractivity contribution in [2.45, 2.75) is 0 Å². The van der Waals surface area contributed by atoms with Gasteiger partial charge in [0.15, 0.2) is 5.69 Å². The second kappa shape index (κ2) is 4.61. The average Bonchev–Trinajstić information content (AvgIpc) is 2.39. The standard InChI is InChI=1S/C12H11N3O2/c1-17-12-10(14-6-7-15-12)11(16)8-2-4-9(13)5-3-8/h2-7H,13H2,1H3. The number of nitrogens with two attached hydrogens (primary N) is 1. The lowest BCUT2D eigenvalue weighted by atomic mass is 10.1. The van der Waals surface area contributed by atoms with E-state index in [1.807, 2.05) is 0 Å². The highest BCUT2D eigenvalue weighted by atomic mass is 16.5. The minimum atomic E-state index is -0.241. The van der Waals surface area contributed by atoms with Crippen LogP contribution in [0.4, 0.5) is 5.69 Å². The molecular weight excluding hydrogens is 218 g/mol. The van der Waals surface area contributed by atoms with Crippen molar-refractivity contribution in [3.63, 3.8) is 0 Å². The van der Waals surface area contributed by atoms with Gasteiger partial charge < -0.3 is 10.5 Å². The van der Waals surface area contributed by atoms with Crippen molar-refractivity contribution in [1.82, 2.24) is 9.97 Å². The number of carbonyl (C=O) groups is 1. The Kier molecular flexibility index (Phi) is 3.00. The molecule has 0 fully saturated rings. The highest BCUT2D eigenvalue weighted by molar-refractivity contribution is 6.09. The van der Waals surface area contributed by atoms with E-state index in [4.69, 9.17) is 10.5 Å². The Balaban J connectivity index is 2.40. The molecule has 5 nitrogen and oxygen atoms in total. The molecule has 0 spiro atoms. The van der Waals surface area contributed by atoms with Gasteiger partial charge in [0.25, 0.3) is 0 Å². The van der Waals surface area contributed by atoms with E-state index in [0.29, 0.717) is 11.3 Å². The smallest absolute Gasteiger partial charge is 0.243 e. The molecule has 0 unspecified atom stereocenters. The van der Waals surface area contributed by atoms with Crippen molar-refractivity contribution < 1.29 is 9.53 Å². The molecule has 1 heterocycles. The lowest BCUT2D eigenvalue weighted by Gasteiger charge is -2.04. The van der Waals surface area contributed by atoms with Gasteiger partial charge in [-0.3, -0.25) is 4.79 Å². The van der Waals surface area contributed by atoms with Crippen LogP contribution in [0.25, 0.3) is 0 Å². The summed E-state index contributed by atoms with van der Waals surface area (Å²) >= 11 is 0. The molecule has 86 valence electrons. The maximum absolute atomic E-state index is 12.1. The SMILES string of the molecule is COc1nccnc1C(=O)c1ccc(N)cc1. The van der Waals surface area contributed by atoms with Gasteiger partial charge in [-0.1, -0.05) is 0 Å². The molecule has 1 aromatic carbocycles. The number of hydrogen-bond acceptors (Lipinski definition) is 5. The first-order chi connectivity index (χ1) is 8.22. The molecule has 2 N–H and O–H groups in total. The summed E-state index contributed by atoms with van der Waals surface area (Å²) in [6, 6.07) is 6.61. The molecule has 2 rings (SSSR count). The van der Waals surface area contributed by atoms with Gasteiger partial charge in [-0.05, 0) is 24.3 Å². The molecule has 2 aromatic rings. The molecule has 0 saturated carbocycles. The van der Waals surface area contributed by atoms with Gasteiger partial charge in [-0.15, -0.1) is 0 Å². The second-order valence-corrected chi connectivity index (χ2v) is 3.37. The number of methoxy groups -OCH3 is 1. The molecule has 0 amide bonds. The van der Waals surface area contributed by atoms with Crippen LogP contribution in [0, 0.1) is 0 Å². The number of ketones is 1. The third-order valence-corrected chi connectivity index (χ3v) is 2.25. The zero-order valence-electron chi connectivity index (χ0n) is 9.25. The number of hydrogen-bond donors (Lipinski definition) is 1. The lowest BCUT2D eigenvalue weighted by molar-refractivity contribution is 0.103. The van der Waals surface area contributed by atoms with E-state index in [0.717, 1.165) is 0 Å². The summed E-state index contributed by atoms with van der Waals surface area (Å²) in [7, 11) is 1.45. The first kappa shape index (κ1) is 11.1. The Morgan fingerprint density at radius 3 is 2.47 bits per heavy atom. The van der Waals surface area contributed by atoms with Crippen LogP contribution >= 0.6 is 0 Å². The van der Waals surface area contributed by atoms with Gasteiger partial charge in [-0.2, -0.15) is 0 Å². The molecule has 0 atom stereocenters. The molecule has 5 heteroatoms. The van der Waals surface area contributed by atoms with E-state index in [1.54, 1.807) is 24.3 Å². The van der Waals surface area contributed by atoms with E-state index in [1.165, 1.54) is 19.5 Å². The molecule has 1 aromatic heterocycles. The summed E-state index contributed by atoms with van der Waals surface area (Å²) in [6.07, 6.45) is 2.92. The van der Waals surface area contributed by atoms with Gasteiger partial charge in [0.1, 0.15) is 0 Å². The van der Waals surface area contributed by atoms with Crippen LogP contribution in [0.15, 0.2) is 36.7 Å². The first-order valence-electron chi connectivity index (χ1n) is 4.97. The van der Waals surface area contributed by atoms with E-state index in [-0.39, 0.29) is 17.4 Å².